The number of rotatable bonds is 3. The van der Waals surface area contributed by atoms with Crippen molar-refractivity contribution in [2.45, 2.75) is 6.92 Å². The van der Waals surface area contributed by atoms with E-state index in [-0.39, 0.29) is 5.69 Å². The maximum atomic E-state index is 10.6. The summed E-state index contributed by atoms with van der Waals surface area (Å²) in [4.78, 5) is 10.6. The van der Waals surface area contributed by atoms with Crippen molar-refractivity contribution in [1.82, 2.24) is 9.78 Å². The average Bonchev–Trinajstić information content (AvgIpc) is 2.32. The van der Waals surface area contributed by atoms with Crippen molar-refractivity contribution >= 4 is 5.97 Å². The average molecular weight is 170 g/mol. The highest BCUT2D eigenvalue weighted by molar-refractivity contribution is 5.88. The second-order valence-electron chi connectivity index (χ2n) is 2.22. The summed E-state index contributed by atoms with van der Waals surface area (Å²) >= 11 is 0. The molecule has 0 saturated heterocycles. The Kier molecular flexibility index (Phi) is 2.32. The SMILES string of the molecule is CCOc1cnn(C)c1C(=O)O. The number of nitrogens with zero attached hydrogens (tertiary/aromatic N) is 2. The van der Waals surface area contributed by atoms with E-state index >= 15 is 0 Å². The van der Waals surface area contributed by atoms with Crippen LogP contribution in [0.5, 0.6) is 5.75 Å². The van der Waals surface area contributed by atoms with Crippen molar-refractivity contribution in [3.63, 3.8) is 0 Å². The first kappa shape index (κ1) is 8.58. The van der Waals surface area contributed by atoms with E-state index < -0.39 is 5.97 Å². The maximum Gasteiger partial charge on any atom is 0.358 e. The standard InChI is InChI=1S/C7H10N2O3/c1-3-12-5-4-8-9(2)6(5)7(10)11/h4H,3H2,1-2H3,(H,10,11). The van der Waals surface area contributed by atoms with Crippen LogP contribution in [0.3, 0.4) is 0 Å². The molecule has 0 radical (unpaired) electrons. The van der Waals surface area contributed by atoms with Gasteiger partial charge in [-0.2, -0.15) is 5.10 Å². The van der Waals surface area contributed by atoms with Crippen LogP contribution in [0.2, 0.25) is 0 Å². The number of hydrogen-bond donors (Lipinski definition) is 1. The van der Waals surface area contributed by atoms with Gasteiger partial charge in [-0.1, -0.05) is 0 Å². The summed E-state index contributed by atoms with van der Waals surface area (Å²) in [6, 6.07) is 0. The van der Waals surface area contributed by atoms with E-state index in [0.717, 1.165) is 0 Å². The van der Waals surface area contributed by atoms with Gasteiger partial charge in [0, 0.05) is 7.05 Å². The van der Waals surface area contributed by atoms with Crippen LogP contribution in [0.25, 0.3) is 0 Å². The molecular weight excluding hydrogens is 160 g/mol. The smallest absolute Gasteiger partial charge is 0.358 e. The molecule has 12 heavy (non-hydrogen) atoms. The molecule has 0 amide bonds. The Hall–Kier alpha value is -1.52. The Morgan fingerprint density at radius 3 is 3.00 bits per heavy atom. The fraction of sp³-hybridized carbons (Fsp3) is 0.429. The van der Waals surface area contributed by atoms with Crippen molar-refractivity contribution in [3.8, 4) is 5.75 Å². The van der Waals surface area contributed by atoms with E-state index in [1.165, 1.54) is 10.9 Å². The van der Waals surface area contributed by atoms with E-state index in [4.69, 9.17) is 9.84 Å². The Morgan fingerprint density at radius 2 is 2.50 bits per heavy atom. The highest BCUT2D eigenvalue weighted by atomic mass is 16.5. The molecule has 0 aromatic carbocycles. The van der Waals surface area contributed by atoms with E-state index in [0.29, 0.717) is 12.4 Å². The van der Waals surface area contributed by atoms with Gasteiger partial charge in [-0.3, -0.25) is 4.68 Å². The van der Waals surface area contributed by atoms with Crippen molar-refractivity contribution in [1.29, 1.82) is 0 Å². The van der Waals surface area contributed by atoms with Gasteiger partial charge in [0.05, 0.1) is 12.8 Å². The molecule has 0 unspecified atom stereocenters. The first-order valence-corrected chi connectivity index (χ1v) is 3.55. The van der Waals surface area contributed by atoms with Crippen LogP contribution in [0.4, 0.5) is 0 Å². The molecule has 0 aliphatic heterocycles. The number of aromatic nitrogens is 2. The first-order valence-electron chi connectivity index (χ1n) is 3.55. The molecule has 1 heterocycles. The second-order valence-corrected chi connectivity index (χ2v) is 2.22. The second kappa shape index (κ2) is 3.25. The maximum absolute atomic E-state index is 10.6. The third-order valence-electron chi connectivity index (χ3n) is 1.41. The number of carboxylic acids is 1. The molecule has 0 bridgehead atoms. The van der Waals surface area contributed by atoms with Gasteiger partial charge in [0.25, 0.3) is 0 Å². The van der Waals surface area contributed by atoms with Crippen LogP contribution >= 0.6 is 0 Å². The summed E-state index contributed by atoms with van der Waals surface area (Å²) in [6.45, 7) is 2.23. The summed E-state index contributed by atoms with van der Waals surface area (Å²) < 4.78 is 6.33. The lowest BCUT2D eigenvalue weighted by Crippen LogP contribution is -2.07. The summed E-state index contributed by atoms with van der Waals surface area (Å²) in [6.07, 6.45) is 1.40. The van der Waals surface area contributed by atoms with E-state index in [2.05, 4.69) is 5.10 Å². The van der Waals surface area contributed by atoms with Gasteiger partial charge in [-0.25, -0.2) is 4.79 Å². The summed E-state index contributed by atoms with van der Waals surface area (Å²) in [5, 5.41) is 12.5. The van der Waals surface area contributed by atoms with Crippen LogP contribution < -0.4 is 4.74 Å². The quantitative estimate of drug-likeness (QED) is 0.718. The molecule has 0 saturated carbocycles. The zero-order chi connectivity index (χ0) is 9.14. The largest absolute Gasteiger partial charge is 0.490 e. The highest BCUT2D eigenvalue weighted by Gasteiger charge is 2.16. The Morgan fingerprint density at radius 1 is 1.83 bits per heavy atom. The molecule has 5 nitrogen and oxygen atoms in total. The van der Waals surface area contributed by atoms with Crippen molar-refractivity contribution in [3.05, 3.63) is 11.9 Å². The summed E-state index contributed by atoms with van der Waals surface area (Å²) in [7, 11) is 1.56. The third-order valence-corrected chi connectivity index (χ3v) is 1.41. The fourth-order valence-electron chi connectivity index (χ4n) is 0.922. The van der Waals surface area contributed by atoms with Crippen molar-refractivity contribution in [2.75, 3.05) is 6.61 Å². The molecule has 1 aromatic rings. The minimum Gasteiger partial charge on any atom is -0.490 e. The van der Waals surface area contributed by atoms with Crippen molar-refractivity contribution in [2.24, 2.45) is 7.05 Å². The lowest BCUT2D eigenvalue weighted by atomic mass is 10.4. The van der Waals surface area contributed by atoms with Gasteiger partial charge in [0.2, 0.25) is 0 Å². The van der Waals surface area contributed by atoms with Crippen LogP contribution in [0, 0.1) is 0 Å². The monoisotopic (exact) mass is 170 g/mol. The number of carbonyl (C=O) groups is 1. The van der Waals surface area contributed by atoms with Gasteiger partial charge in [-0.15, -0.1) is 0 Å². The normalized spacial score (nSPS) is 9.83. The number of carboxylic acid groups (broad SMARTS) is 1. The van der Waals surface area contributed by atoms with Gasteiger partial charge < -0.3 is 9.84 Å². The molecule has 1 rings (SSSR count). The Labute approximate surface area is 69.6 Å². The molecular formula is C7H10N2O3. The van der Waals surface area contributed by atoms with Gasteiger partial charge in [-0.05, 0) is 6.92 Å². The number of aromatic carboxylic acids is 1. The molecule has 0 fully saturated rings. The fourth-order valence-corrected chi connectivity index (χ4v) is 0.922. The predicted octanol–water partition coefficient (Wildman–Crippen LogP) is 0.517. The molecule has 0 aliphatic carbocycles. The van der Waals surface area contributed by atoms with Crippen molar-refractivity contribution < 1.29 is 14.6 Å². The highest BCUT2D eigenvalue weighted by Crippen LogP contribution is 2.16. The minimum absolute atomic E-state index is 0.0804. The molecule has 1 aromatic heterocycles. The molecule has 5 heteroatoms. The van der Waals surface area contributed by atoms with E-state index in [9.17, 15) is 4.79 Å². The first-order chi connectivity index (χ1) is 5.66. The summed E-state index contributed by atoms with van der Waals surface area (Å²) in [5.74, 6) is -0.717. The number of ether oxygens (including phenoxy) is 1. The Balaban J connectivity index is 3.04. The summed E-state index contributed by atoms with van der Waals surface area (Å²) in [5.41, 5.74) is 0.0804. The zero-order valence-electron chi connectivity index (χ0n) is 6.94. The molecule has 0 spiro atoms. The molecule has 0 atom stereocenters. The minimum atomic E-state index is -1.03. The van der Waals surface area contributed by atoms with Gasteiger partial charge in [0.15, 0.2) is 11.4 Å². The molecule has 66 valence electrons. The van der Waals surface area contributed by atoms with E-state index in [1.807, 2.05) is 0 Å². The lowest BCUT2D eigenvalue weighted by Gasteiger charge is -2.00. The third kappa shape index (κ3) is 1.39. The number of hydrogen-bond acceptors (Lipinski definition) is 3. The zero-order valence-corrected chi connectivity index (χ0v) is 6.94. The Bertz CT molecular complexity index is 293. The van der Waals surface area contributed by atoms with Gasteiger partial charge in [0.1, 0.15) is 0 Å². The van der Waals surface area contributed by atoms with Crippen LogP contribution in [0.1, 0.15) is 17.4 Å². The molecule has 1 N–H and O–H groups in total. The van der Waals surface area contributed by atoms with Crippen LogP contribution in [-0.2, 0) is 7.05 Å². The molecule has 0 aliphatic rings. The predicted molar refractivity (Wildman–Crippen MR) is 41.3 cm³/mol. The number of aryl methyl sites for hydroxylation is 1. The lowest BCUT2D eigenvalue weighted by molar-refractivity contribution is 0.0680. The van der Waals surface area contributed by atoms with Crippen LogP contribution in [0.15, 0.2) is 6.20 Å². The topological polar surface area (TPSA) is 64.4 Å². The van der Waals surface area contributed by atoms with Gasteiger partial charge >= 0.3 is 5.97 Å². The van der Waals surface area contributed by atoms with Crippen LogP contribution in [-0.4, -0.2) is 27.5 Å². The van der Waals surface area contributed by atoms with E-state index in [1.54, 1.807) is 14.0 Å².